The molecule has 3 aromatic heterocycles. The van der Waals surface area contributed by atoms with Crippen LogP contribution < -0.4 is 15.7 Å². The lowest BCUT2D eigenvalue weighted by Crippen LogP contribution is -2.25. The number of nitrogens with zero attached hydrogens (tertiary/aromatic N) is 2. The fourth-order valence-corrected chi connectivity index (χ4v) is 5.10. The van der Waals surface area contributed by atoms with Crippen LogP contribution in [-0.2, 0) is 4.74 Å². The maximum absolute atomic E-state index is 13.2. The van der Waals surface area contributed by atoms with Crippen molar-refractivity contribution in [2.75, 3.05) is 5.32 Å². The number of pyridine rings is 1. The number of rotatable bonds is 5. The zero-order valence-electron chi connectivity index (χ0n) is 21.8. The minimum absolute atomic E-state index is 0.131. The van der Waals surface area contributed by atoms with Crippen molar-refractivity contribution in [3.8, 4) is 11.3 Å². The summed E-state index contributed by atoms with van der Waals surface area (Å²) in [6.07, 6.45) is 1.76. The highest BCUT2D eigenvalue weighted by Crippen LogP contribution is 2.28. The Morgan fingerprint density at radius 3 is 2.63 bits per heavy atom. The maximum Gasteiger partial charge on any atom is 0.340 e. The second kappa shape index (κ2) is 9.57. The van der Waals surface area contributed by atoms with Gasteiger partial charge in [-0.1, -0.05) is 29.5 Å². The van der Waals surface area contributed by atoms with E-state index in [9.17, 15) is 14.4 Å². The Morgan fingerprint density at radius 2 is 1.87 bits per heavy atom. The van der Waals surface area contributed by atoms with Gasteiger partial charge in [-0.2, -0.15) is 0 Å². The summed E-state index contributed by atoms with van der Waals surface area (Å²) in [5.74, 6) is -0.416. The van der Waals surface area contributed by atoms with E-state index in [2.05, 4.69) is 10.3 Å². The molecule has 2 aromatic carbocycles. The van der Waals surface area contributed by atoms with E-state index in [4.69, 9.17) is 9.72 Å². The van der Waals surface area contributed by atoms with Crippen LogP contribution >= 0.6 is 11.3 Å². The molecule has 0 saturated carbocycles. The van der Waals surface area contributed by atoms with Gasteiger partial charge in [-0.05, 0) is 70.5 Å². The fourth-order valence-electron chi connectivity index (χ4n) is 4.38. The van der Waals surface area contributed by atoms with Crippen LogP contribution in [0.1, 0.15) is 55.2 Å². The van der Waals surface area contributed by atoms with Crippen LogP contribution in [0, 0.1) is 6.92 Å². The molecule has 0 aliphatic heterocycles. The Bertz CT molecular complexity index is 1810. The number of ether oxygens (including phenoxy) is 1. The number of thiazole rings is 1. The Hall–Kier alpha value is -4.24. The van der Waals surface area contributed by atoms with Crippen molar-refractivity contribution in [1.82, 2.24) is 14.4 Å². The largest absolute Gasteiger partial charge is 0.456 e. The van der Waals surface area contributed by atoms with Gasteiger partial charge in [0, 0.05) is 29.1 Å². The van der Waals surface area contributed by atoms with Crippen LogP contribution in [0.5, 0.6) is 0 Å². The van der Waals surface area contributed by atoms with E-state index in [-0.39, 0.29) is 16.5 Å². The van der Waals surface area contributed by atoms with Gasteiger partial charge in [0.1, 0.15) is 11.2 Å². The number of fused-ring (bicyclic) bond motifs is 2. The molecule has 0 aliphatic rings. The number of H-pyrrole nitrogens is 1. The number of hydrogen-bond acceptors (Lipinski definition) is 7. The van der Waals surface area contributed by atoms with E-state index in [1.807, 2.05) is 71.0 Å². The van der Waals surface area contributed by atoms with Crippen molar-refractivity contribution < 1.29 is 9.53 Å². The van der Waals surface area contributed by atoms with Crippen LogP contribution in [0.15, 0.2) is 70.4 Å². The second-order valence-electron chi connectivity index (χ2n) is 10.3. The molecular weight excluding hydrogens is 500 g/mol. The van der Waals surface area contributed by atoms with Crippen LogP contribution in [-0.4, -0.2) is 25.9 Å². The summed E-state index contributed by atoms with van der Waals surface area (Å²) in [7, 11) is 0. The molecule has 8 nitrogen and oxygen atoms in total. The lowest BCUT2D eigenvalue weighted by Gasteiger charge is -2.23. The van der Waals surface area contributed by atoms with E-state index in [0.717, 1.165) is 32.7 Å². The predicted octanol–water partition coefficient (Wildman–Crippen LogP) is 5.70. The topological polar surface area (TPSA) is 106 Å². The molecule has 0 fully saturated rings. The third-order valence-corrected chi connectivity index (χ3v) is 6.89. The number of esters is 1. The number of hydrogen-bond donors (Lipinski definition) is 2. The van der Waals surface area contributed by atoms with Crippen LogP contribution in [0.4, 0.5) is 5.69 Å². The van der Waals surface area contributed by atoms with E-state index in [1.165, 1.54) is 10.5 Å². The minimum atomic E-state index is -0.622. The predicted molar refractivity (Wildman–Crippen MR) is 151 cm³/mol. The Kier molecular flexibility index (Phi) is 6.40. The van der Waals surface area contributed by atoms with Crippen molar-refractivity contribution in [3.05, 3.63) is 97.5 Å². The van der Waals surface area contributed by atoms with E-state index in [1.54, 1.807) is 18.3 Å². The van der Waals surface area contributed by atoms with Crippen LogP contribution in [0.25, 0.3) is 27.1 Å². The number of aryl methyl sites for hydroxylation is 1. The van der Waals surface area contributed by atoms with Crippen molar-refractivity contribution in [1.29, 1.82) is 0 Å². The van der Waals surface area contributed by atoms with Gasteiger partial charge in [-0.15, -0.1) is 0 Å². The zero-order valence-corrected chi connectivity index (χ0v) is 22.6. The number of carbonyl (C=O) groups is 1. The number of aromatic nitrogens is 3. The highest BCUT2D eigenvalue weighted by atomic mass is 32.1. The number of benzene rings is 2. The number of nitrogens with one attached hydrogen (secondary N) is 2. The molecule has 1 atom stereocenters. The summed E-state index contributed by atoms with van der Waals surface area (Å²) >= 11 is 1.14. The molecule has 0 aliphatic carbocycles. The smallest absolute Gasteiger partial charge is 0.340 e. The summed E-state index contributed by atoms with van der Waals surface area (Å²) in [5.41, 5.74) is 4.37. The summed E-state index contributed by atoms with van der Waals surface area (Å²) < 4.78 is 7.98. The van der Waals surface area contributed by atoms with Gasteiger partial charge >= 0.3 is 10.8 Å². The fraction of sp³-hybridized carbons (Fsp3) is 0.241. The van der Waals surface area contributed by atoms with Crippen LogP contribution in [0.3, 0.4) is 0 Å². The quantitative estimate of drug-likeness (QED) is 0.284. The van der Waals surface area contributed by atoms with Gasteiger partial charge in [0.05, 0.1) is 27.5 Å². The van der Waals surface area contributed by atoms with E-state index in [0.29, 0.717) is 28.1 Å². The van der Waals surface area contributed by atoms with Crippen molar-refractivity contribution in [2.45, 2.75) is 46.3 Å². The average molecular weight is 529 g/mol. The number of aromatic amines is 1. The number of carbonyl (C=O) groups excluding carboxylic acids is 1. The SMILES string of the molecule is Cc1cc(C(C)Nc2ccccc2C(=O)OC(C)(C)C)c2nc(-c3ccc4sc(=O)[nH]c4c3)cc(=O)n2c1. The number of anilines is 1. The monoisotopic (exact) mass is 528 g/mol. The molecule has 0 amide bonds. The molecule has 9 heteroatoms. The standard InChI is InChI=1S/C29H28N4O4S/c1-16-12-20(17(2)30-21-9-7-6-8-19(21)27(35)37-29(3,4)5)26-31-22(14-25(34)33(26)15-16)18-10-11-24-23(13-18)32-28(36)38-24/h6-15,17,30H,1-5H3,(H,32,36). The minimum Gasteiger partial charge on any atom is -0.456 e. The summed E-state index contributed by atoms with van der Waals surface area (Å²) in [5, 5.41) is 3.42. The highest BCUT2D eigenvalue weighted by Gasteiger charge is 2.22. The van der Waals surface area contributed by atoms with Crippen LogP contribution in [0.2, 0.25) is 0 Å². The van der Waals surface area contributed by atoms with Gasteiger partial charge in [-0.3, -0.25) is 14.0 Å². The maximum atomic E-state index is 13.2. The molecule has 3 heterocycles. The third kappa shape index (κ3) is 5.10. The van der Waals surface area contributed by atoms with Gasteiger partial charge in [0.2, 0.25) is 0 Å². The summed E-state index contributed by atoms with van der Waals surface area (Å²) in [6, 6.07) is 15.9. The molecule has 1 unspecified atom stereocenters. The number of para-hydroxylation sites is 1. The Labute approximate surface area is 223 Å². The first kappa shape index (κ1) is 25.4. The summed E-state index contributed by atoms with van der Waals surface area (Å²) in [4.78, 5) is 45.4. The second-order valence-corrected chi connectivity index (χ2v) is 11.3. The lowest BCUT2D eigenvalue weighted by atomic mass is 10.1. The van der Waals surface area contributed by atoms with Gasteiger partial charge < -0.3 is 15.0 Å². The normalized spacial score (nSPS) is 12.6. The molecule has 5 aromatic rings. The van der Waals surface area contributed by atoms with Crippen molar-refractivity contribution in [2.24, 2.45) is 0 Å². The molecular formula is C29H28N4O4S. The molecule has 5 rings (SSSR count). The third-order valence-electron chi connectivity index (χ3n) is 6.03. The molecule has 38 heavy (non-hydrogen) atoms. The molecule has 0 spiro atoms. The average Bonchev–Trinajstić information content (AvgIpc) is 3.22. The van der Waals surface area contributed by atoms with Gasteiger partial charge in [0.15, 0.2) is 0 Å². The summed E-state index contributed by atoms with van der Waals surface area (Å²) in [6.45, 7) is 9.37. The molecule has 194 valence electrons. The lowest BCUT2D eigenvalue weighted by molar-refractivity contribution is 0.00706. The first-order chi connectivity index (χ1) is 18.0. The molecule has 0 bridgehead atoms. The molecule has 2 N–H and O–H groups in total. The van der Waals surface area contributed by atoms with Crippen molar-refractivity contribution >= 4 is 38.9 Å². The first-order valence-corrected chi connectivity index (χ1v) is 13.1. The van der Waals surface area contributed by atoms with E-state index < -0.39 is 11.6 Å². The van der Waals surface area contributed by atoms with Gasteiger partial charge in [0.25, 0.3) is 5.56 Å². The highest BCUT2D eigenvalue weighted by molar-refractivity contribution is 7.16. The van der Waals surface area contributed by atoms with Gasteiger partial charge in [-0.25, -0.2) is 9.78 Å². The Morgan fingerprint density at radius 1 is 1.11 bits per heavy atom. The zero-order chi connectivity index (χ0) is 27.2. The van der Waals surface area contributed by atoms with E-state index >= 15 is 0 Å². The Balaban J connectivity index is 1.58. The van der Waals surface area contributed by atoms with Crippen molar-refractivity contribution in [3.63, 3.8) is 0 Å². The first-order valence-electron chi connectivity index (χ1n) is 12.2. The molecule has 0 saturated heterocycles. The molecule has 0 radical (unpaired) electrons.